The molecule has 0 saturated carbocycles. The van der Waals surface area contributed by atoms with Crippen LogP contribution in [0.4, 0.5) is 11.5 Å². The summed E-state index contributed by atoms with van der Waals surface area (Å²) < 4.78 is 0. The van der Waals surface area contributed by atoms with E-state index in [1.54, 1.807) is 0 Å². The Morgan fingerprint density at radius 1 is 1.41 bits per heavy atom. The van der Waals surface area contributed by atoms with Gasteiger partial charge in [-0.05, 0) is 25.9 Å². The summed E-state index contributed by atoms with van der Waals surface area (Å²) in [5, 5.41) is 3.10. The Labute approximate surface area is 100 Å². The molecule has 6 heteroatoms. The van der Waals surface area contributed by atoms with E-state index >= 15 is 0 Å². The first kappa shape index (κ1) is 11.9. The molecule has 0 aliphatic carbocycles. The Balaban J connectivity index is 1.81. The van der Waals surface area contributed by atoms with Crippen LogP contribution < -0.4 is 16.6 Å². The molecule has 2 heterocycles. The van der Waals surface area contributed by atoms with Crippen molar-refractivity contribution in [1.82, 2.24) is 14.9 Å². The van der Waals surface area contributed by atoms with Crippen molar-refractivity contribution in [3.05, 3.63) is 16.7 Å². The summed E-state index contributed by atoms with van der Waals surface area (Å²) in [7, 11) is 0. The van der Waals surface area contributed by atoms with Crippen LogP contribution in [0.1, 0.15) is 19.3 Å². The number of nitrogens with two attached hydrogens (primary N) is 1. The molecular weight excluding hydrogens is 218 g/mol. The zero-order valence-electron chi connectivity index (χ0n) is 9.91. The molecule has 2 rings (SSSR count). The van der Waals surface area contributed by atoms with Gasteiger partial charge in [0.2, 0.25) is 0 Å². The second-order valence-electron chi connectivity index (χ2n) is 4.32. The topological polar surface area (TPSA) is 87.0 Å². The number of likely N-dealkylation sites (tertiary alicyclic amines) is 1. The quantitative estimate of drug-likeness (QED) is 0.698. The van der Waals surface area contributed by atoms with Gasteiger partial charge >= 0.3 is 0 Å². The molecule has 1 fully saturated rings. The third-order valence-electron chi connectivity index (χ3n) is 3.06. The van der Waals surface area contributed by atoms with E-state index in [4.69, 9.17) is 5.73 Å². The first-order valence-corrected chi connectivity index (χ1v) is 6.07. The van der Waals surface area contributed by atoms with E-state index in [-0.39, 0.29) is 11.2 Å². The van der Waals surface area contributed by atoms with Gasteiger partial charge in [0, 0.05) is 13.1 Å². The number of nitrogens with zero attached hydrogens (tertiary/aromatic N) is 2. The van der Waals surface area contributed by atoms with Crippen molar-refractivity contribution in [2.45, 2.75) is 19.3 Å². The van der Waals surface area contributed by atoms with Gasteiger partial charge in [0.1, 0.15) is 5.69 Å². The zero-order valence-corrected chi connectivity index (χ0v) is 9.91. The molecule has 0 unspecified atom stereocenters. The lowest BCUT2D eigenvalue weighted by Crippen LogP contribution is -2.34. The van der Waals surface area contributed by atoms with E-state index in [0.29, 0.717) is 5.82 Å². The largest absolute Gasteiger partial charge is 0.391 e. The van der Waals surface area contributed by atoms with Crippen LogP contribution in [0.5, 0.6) is 0 Å². The number of hydrogen-bond donors (Lipinski definition) is 3. The van der Waals surface area contributed by atoms with Gasteiger partial charge in [-0.25, -0.2) is 4.98 Å². The maximum Gasteiger partial charge on any atom is 0.276 e. The molecule has 4 N–H and O–H groups in total. The number of aromatic amines is 1. The first-order valence-electron chi connectivity index (χ1n) is 6.07. The number of piperidine rings is 1. The minimum atomic E-state index is -0.291. The molecule has 0 aromatic carbocycles. The SMILES string of the molecule is Nc1c(NCCN2CCCCC2)nc[nH]c1=O. The van der Waals surface area contributed by atoms with Crippen molar-refractivity contribution in [2.75, 3.05) is 37.2 Å². The van der Waals surface area contributed by atoms with Crippen LogP contribution in [0.25, 0.3) is 0 Å². The summed E-state index contributed by atoms with van der Waals surface area (Å²) in [5.41, 5.74) is 5.49. The average Bonchev–Trinajstić information content (AvgIpc) is 2.36. The molecule has 0 spiro atoms. The van der Waals surface area contributed by atoms with Crippen LogP contribution >= 0.6 is 0 Å². The Hall–Kier alpha value is -1.56. The molecule has 1 aliphatic rings. The van der Waals surface area contributed by atoms with E-state index in [1.165, 1.54) is 38.7 Å². The van der Waals surface area contributed by atoms with Gasteiger partial charge in [0.15, 0.2) is 5.82 Å². The number of nitrogen functional groups attached to an aromatic ring is 1. The summed E-state index contributed by atoms with van der Waals surface area (Å²) in [5.74, 6) is 0.478. The van der Waals surface area contributed by atoms with Crippen LogP contribution in [0.3, 0.4) is 0 Å². The summed E-state index contributed by atoms with van der Waals surface area (Å²) in [6, 6.07) is 0. The third-order valence-corrected chi connectivity index (χ3v) is 3.06. The molecule has 0 bridgehead atoms. The maximum absolute atomic E-state index is 11.2. The van der Waals surface area contributed by atoms with Crippen LogP contribution in [0.2, 0.25) is 0 Å². The summed E-state index contributed by atoms with van der Waals surface area (Å²) in [6.45, 7) is 4.06. The van der Waals surface area contributed by atoms with E-state index in [2.05, 4.69) is 20.2 Å². The highest BCUT2D eigenvalue weighted by Gasteiger charge is 2.09. The van der Waals surface area contributed by atoms with E-state index < -0.39 is 0 Å². The average molecular weight is 237 g/mol. The van der Waals surface area contributed by atoms with Gasteiger partial charge < -0.3 is 20.9 Å². The van der Waals surface area contributed by atoms with Crippen LogP contribution in [-0.2, 0) is 0 Å². The lowest BCUT2D eigenvalue weighted by Gasteiger charge is -2.26. The molecule has 1 saturated heterocycles. The molecule has 1 aliphatic heterocycles. The molecule has 17 heavy (non-hydrogen) atoms. The maximum atomic E-state index is 11.2. The first-order chi connectivity index (χ1) is 8.27. The Bertz CT molecular complexity index is 411. The van der Waals surface area contributed by atoms with Gasteiger partial charge in [0.25, 0.3) is 5.56 Å². The smallest absolute Gasteiger partial charge is 0.276 e. The van der Waals surface area contributed by atoms with Crippen molar-refractivity contribution < 1.29 is 0 Å². The van der Waals surface area contributed by atoms with Gasteiger partial charge in [-0.15, -0.1) is 0 Å². The van der Waals surface area contributed by atoms with Gasteiger partial charge in [0.05, 0.1) is 6.33 Å². The number of rotatable bonds is 4. The molecule has 6 nitrogen and oxygen atoms in total. The molecule has 94 valence electrons. The predicted octanol–water partition coefficient (Wildman–Crippen LogP) is 0.250. The third kappa shape index (κ3) is 3.20. The second kappa shape index (κ2) is 5.67. The predicted molar refractivity (Wildman–Crippen MR) is 68.1 cm³/mol. The van der Waals surface area contributed by atoms with Crippen molar-refractivity contribution in [3.8, 4) is 0 Å². The van der Waals surface area contributed by atoms with Crippen molar-refractivity contribution in [3.63, 3.8) is 0 Å². The lowest BCUT2D eigenvalue weighted by molar-refractivity contribution is 0.237. The van der Waals surface area contributed by atoms with Crippen LogP contribution in [0, 0.1) is 0 Å². The minimum Gasteiger partial charge on any atom is -0.391 e. The summed E-state index contributed by atoms with van der Waals surface area (Å²) in [4.78, 5) is 20.1. The van der Waals surface area contributed by atoms with Gasteiger partial charge in [-0.2, -0.15) is 0 Å². The number of aromatic nitrogens is 2. The van der Waals surface area contributed by atoms with Crippen molar-refractivity contribution in [1.29, 1.82) is 0 Å². The fraction of sp³-hybridized carbons (Fsp3) is 0.636. The summed E-state index contributed by atoms with van der Waals surface area (Å²) in [6.07, 6.45) is 5.27. The summed E-state index contributed by atoms with van der Waals surface area (Å²) >= 11 is 0. The Morgan fingerprint density at radius 3 is 2.94 bits per heavy atom. The molecule has 1 aromatic heterocycles. The Kier molecular flexibility index (Phi) is 3.98. The number of H-pyrrole nitrogens is 1. The molecule has 0 atom stereocenters. The van der Waals surface area contributed by atoms with E-state index in [9.17, 15) is 4.79 Å². The highest BCUT2D eigenvalue weighted by Crippen LogP contribution is 2.09. The fourth-order valence-corrected chi connectivity index (χ4v) is 2.07. The van der Waals surface area contributed by atoms with E-state index in [1.807, 2.05) is 0 Å². The van der Waals surface area contributed by atoms with Crippen LogP contribution in [-0.4, -0.2) is 41.0 Å². The number of hydrogen-bond acceptors (Lipinski definition) is 5. The van der Waals surface area contributed by atoms with E-state index in [0.717, 1.165) is 13.1 Å². The Morgan fingerprint density at radius 2 is 2.18 bits per heavy atom. The highest BCUT2D eigenvalue weighted by atomic mass is 16.1. The number of anilines is 2. The molecule has 0 radical (unpaired) electrons. The standard InChI is InChI=1S/C11H19N5O/c12-9-10(14-8-15-11(9)17)13-4-7-16-5-2-1-3-6-16/h8H,1-7,12H2,(H2,13,14,15,17). The minimum absolute atomic E-state index is 0.158. The van der Waals surface area contributed by atoms with Crippen molar-refractivity contribution >= 4 is 11.5 Å². The molecule has 0 amide bonds. The zero-order chi connectivity index (χ0) is 12.1. The lowest BCUT2D eigenvalue weighted by atomic mass is 10.1. The second-order valence-corrected chi connectivity index (χ2v) is 4.32. The fourth-order valence-electron chi connectivity index (χ4n) is 2.07. The van der Waals surface area contributed by atoms with Gasteiger partial charge in [-0.1, -0.05) is 6.42 Å². The van der Waals surface area contributed by atoms with Crippen LogP contribution in [0.15, 0.2) is 11.1 Å². The normalized spacial score (nSPS) is 16.9. The molecule has 1 aromatic rings. The molecular formula is C11H19N5O. The number of nitrogens with one attached hydrogen (secondary N) is 2. The monoisotopic (exact) mass is 237 g/mol. The van der Waals surface area contributed by atoms with Gasteiger partial charge in [-0.3, -0.25) is 4.79 Å². The van der Waals surface area contributed by atoms with Crippen molar-refractivity contribution in [2.24, 2.45) is 0 Å². The highest BCUT2D eigenvalue weighted by molar-refractivity contribution is 5.58.